The SMILES string of the molecule is CCCCCCNC(C)C(=O)NCCC. The van der Waals surface area contributed by atoms with E-state index in [0.717, 1.165) is 19.5 Å². The van der Waals surface area contributed by atoms with Gasteiger partial charge in [-0.1, -0.05) is 33.1 Å². The molecule has 90 valence electrons. The Hall–Kier alpha value is -0.570. The highest BCUT2D eigenvalue weighted by atomic mass is 16.2. The van der Waals surface area contributed by atoms with Gasteiger partial charge in [-0.05, 0) is 26.3 Å². The van der Waals surface area contributed by atoms with Crippen LogP contribution in [-0.2, 0) is 4.79 Å². The highest BCUT2D eigenvalue weighted by Gasteiger charge is 2.09. The van der Waals surface area contributed by atoms with Crippen molar-refractivity contribution in [3.05, 3.63) is 0 Å². The van der Waals surface area contributed by atoms with Gasteiger partial charge in [0, 0.05) is 6.54 Å². The van der Waals surface area contributed by atoms with Crippen LogP contribution < -0.4 is 10.6 Å². The molecule has 0 bridgehead atoms. The minimum Gasteiger partial charge on any atom is -0.355 e. The summed E-state index contributed by atoms with van der Waals surface area (Å²) >= 11 is 0. The van der Waals surface area contributed by atoms with Crippen LogP contribution in [0.4, 0.5) is 0 Å². The number of amides is 1. The Labute approximate surface area is 94.0 Å². The lowest BCUT2D eigenvalue weighted by Gasteiger charge is -2.13. The van der Waals surface area contributed by atoms with E-state index in [9.17, 15) is 4.79 Å². The number of hydrogen-bond acceptors (Lipinski definition) is 2. The molecule has 15 heavy (non-hydrogen) atoms. The van der Waals surface area contributed by atoms with Gasteiger partial charge in [0.1, 0.15) is 0 Å². The molecule has 1 amide bonds. The van der Waals surface area contributed by atoms with Crippen molar-refractivity contribution < 1.29 is 4.79 Å². The maximum atomic E-state index is 11.4. The summed E-state index contributed by atoms with van der Waals surface area (Å²) < 4.78 is 0. The summed E-state index contributed by atoms with van der Waals surface area (Å²) in [6, 6.07) is -0.0572. The number of rotatable bonds is 9. The van der Waals surface area contributed by atoms with E-state index >= 15 is 0 Å². The van der Waals surface area contributed by atoms with Crippen LogP contribution in [0, 0.1) is 0 Å². The Morgan fingerprint density at radius 2 is 1.80 bits per heavy atom. The standard InChI is InChI=1S/C12H26N2O/c1-4-6-7-8-10-13-11(3)12(15)14-9-5-2/h11,13H,4-10H2,1-3H3,(H,14,15). The van der Waals surface area contributed by atoms with E-state index in [4.69, 9.17) is 0 Å². The van der Waals surface area contributed by atoms with Crippen LogP contribution in [0.5, 0.6) is 0 Å². The van der Waals surface area contributed by atoms with Gasteiger partial charge in [-0.15, -0.1) is 0 Å². The Balaban J connectivity index is 3.38. The lowest BCUT2D eigenvalue weighted by molar-refractivity contribution is -0.122. The highest BCUT2D eigenvalue weighted by Crippen LogP contribution is 1.97. The number of hydrogen-bond donors (Lipinski definition) is 2. The molecule has 0 spiro atoms. The first-order chi connectivity index (χ1) is 7.22. The van der Waals surface area contributed by atoms with Gasteiger partial charge in [-0.3, -0.25) is 4.79 Å². The van der Waals surface area contributed by atoms with Crippen LogP contribution in [0.15, 0.2) is 0 Å². The molecule has 0 aromatic carbocycles. The summed E-state index contributed by atoms with van der Waals surface area (Å²) in [5.74, 6) is 0.118. The molecule has 1 atom stereocenters. The minimum absolute atomic E-state index is 0.0572. The van der Waals surface area contributed by atoms with Crippen LogP contribution in [0.1, 0.15) is 52.9 Å². The maximum Gasteiger partial charge on any atom is 0.236 e. The third-order valence-corrected chi connectivity index (χ3v) is 2.42. The fourth-order valence-corrected chi connectivity index (χ4v) is 1.36. The molecule has 0 aliphatic heterocycles. The van der Waals surface area contributed by atoms with Gasteiger partial charge in [-0.25, -0.2) is 0 Å². The van der Waals surface area contributed by atoms with E-state index in [1.165, 1.54) is 25.7 Å². The lowest BCUT2D eigenvalue weighted by Crippen LogP contribution is -2.42. The fourth-order valence-electron chi connectivity index (χ4n) is 1.36. The molecular formula is C12H26N2O. The van der Waals surface area contributed by atoms with Crippen molar-refractivity contribution in [2.24, 2.45) is 0 Å². The summed E-state index contributed by atoms with van der Waals surface area (Å²) in [5.41, 5.74) is 0. The molecule has 0 aromatic rings. The lowest BCUT2D eigenvalue weighted by atomic mass is 10.2. The van der Waals surface area contributed by atoms with Gasteiger partial charge >= 0.3 is 0 Å². The molecule has 0 rings (SSSR count). The molecular weight excluding hydrogens is 188 g/mol. The largest absolute Gasteiger partial charge is 0.355 e. The zero-order chi connectivity index (χ0) is 11.5. The third kappa shape index (κ3) is 8.43. The van der Waals surface area contributed by atoms with Crippen molar-refractivity contribution in [3.8, 4) is 0 Å². The van der Waals surface area contributed by atoms with E-state index in [2.05, 4.69) is 24.5 Å². The highest BCUT2D eigenvalue weighted by molar-refractivity contribution is 5.81. The van der Waals surface area contributed by atoms with Crippen LogP contribution in [0.2, 0.25) is 0 Å². The molecule has 0 aliphatic carbocycles. The molecule has 3 heteroatoms. The topological polar surface area (TPSA) is 41.1 Å². The number of carbonyl (C=O) groups excluding carboxylic acids is 1. The Morgan fingerprint density at radius 3 is 2.40 bits per heavy atom. The van der Waals surface area contributed by atoms with Crippen LogP contribution in [-0.4, -0.2) is 25.0 Å². The minimum atomic E-state index is -0.0572. The second-order valence-corrected chi connectivity index (χ2v) is 4.03. The van der Waals surface area contributed by atoms with E-state index < -0.39 is 0 Å². The van der Waals surface area contributed by atoms with Crippen LogP contribution >= 0.6 is 0 Å². The maximum absolute atomic E-state index is 11.4. The van der Waals surface area contributed by atoms with E-state index in [0.29, 0.717) is 0 Å². The van der Waals surface area contributed by atoms with Crippen molar-refractivity contribution in [1.29, 1.82) is 0 Å². The molecule has 0 aromatic heterocycles. The third-order valence-electron chi connectivity index (χ3n) is 2.42. The van der Waals surface area contributed by atoms with Gasteiger partial charge in [0.15, 0.2) is 0 Å². The van der Waals surface area contributed by atoms with Gasteiger partial charge < -0.3 is 10.6 Å². The smallest absolute Gasteiger partial charge is 0.236 e. The van der Waals surface area contributed by atoms with Gasteiger partial charge in [-0.2, -0.15) is 0 Å². The molecule has 0 radical (unpaired) electrons. The average molecular weight is 214 g/mol. The number of nitrogens with one attached hydrogen (secondary N) is 2. The van der Waals surface area contributed by atoms with Crippen molar-refractivity contribution >= 4 is 5.91 Å². The second-order valence-electron chi connectivity index (χ2n) is 4.03. The molecule has 0 fully saturated rings. The quantitative estimate of drug-likeness (QED) is 0.577. The monoisotopic (exact) mass is 214 g/mol. The zero-order valence-corrected chi connectivity index (χ0v) is 10.4. The van der Waals surface area contributed by atoms with Gasteiger partial charge in [0.05, 0.1) is 6.04 Å². The molecule has 0 aliphatic rings. The summed E-state index contributed by atoms with van der Waals surface area (Å²) in [6.45, 7) is 7.91. The summed E-state index contributed by atoms with van der Waals surface area (Å²) in [4.78, 5) is 11.4. The van der Waals surface area contributed by atoms with E-state index in [1.54, 1.807) is 0 Å². The van der Waals surface area contributed by atoms with Crippen LogP contribution in [0.25, 0.3) is 0 Å². The average Bonchev–Trinajstić information content (AvgIpc) is 2.25. The number of unbranched alkanes of at least 4 members (excludes halogenated alkanes) is 3. The first-order valence-corrected chi connectivity index (χ1v) is 6.23. The van der Waals surface area contributed by atoms with E-state index in [-0.39, 0.29) is 11.9 Å². The zero-order valence-electron chi connectivity index (χ0n) is 10.4. The summed E-state index contributed by atoms with van der Waals surface area (Å²) in [7, 11) is 0. The number of carbonyl (C=O) groups is 1. The molecule has 3 nitrogen and oxygen atoms in total. The van der Waals surface area contributed by atoms with Gasteiger partial charge in [0.2, 0.25) is 5.91 Å². The predicted octanol–water partition coefficient (Wildman–Crippen LogP) is 2.07. The first-order valence-electron chi connectivity index (χ1n) is 6.23. The second kappa shape index (κ2) is 9.97. The predicted molar refractivity (Wildman–Crippen MR) is 64.9 cm³/mol. The van der Waals surface area contributed by atoms with Crippen molar-refractivity contribution in [2.45, 2.75) is 58.9 Å². The summed E-state index contributed by atoms with van der Waals surface area (Å²) in [5, 5.41) is 6.12. The normalized spacial score (nSPS) is 12.5. The summed E-state index contributed by atoms with van der Waals surface area (Å²) in [6.07, 6.45) is 5.96. The molecule has 1 unspecified atom stereocenters. The molecule has 0 saturated carbocycles. The first kappa shape index (κ1) is 14.4. The van der Waals surface area contributed by atoms with Crippen molar-refractivity contribution in [3.63, 3.8) is 0 Å². The fraction of sp³-hybridized carbons (Fsp3) is 0.917. The Morgan fingerprint density at radius 1 is 1.07 bits per heavy atom. The van der Waals surface area contributed by atoms with Crippen molar-refractivity contribution in [2.75, 3.05) is 13.1 Å². The van der Waals surface area contributed by atoms with Gasteiger partial charge in [0.25, 0.3) is 0 Å². The molecule has 0 heterocycles. The Bertz CT molecular complexity index is 160. The van der Waals surface area contributed by atoms with E-state index in [1.807, 2.05) is 6.92 Å². The molecule has 2 N–H and O–H groups in total. The Kier molecular flexibility index (Phi) is 9.59. The van der Waals surface area contributed by atoms with Crippen molar-refractivity contribution in [1.82, 2.24) is 10.6 Å². The molecule has 0 saturated heterocycles. The van der Waals surface area contributed by atoms with Crippen LogP contribution in [0.3, 0.4) is 0 Å².